The van der Waals surface area contributed by atoms with Crippen LogP contribution in [0, 0.1) is 5.92 Å². The van der Waals surface area contributed by atoms with E-state index in [1.807, 2.05) is 44.2 Å². The first-order valence-corrected chi connectivity index (χ1v) is 10.3. The second kappa shape index (κ2) is 13.4. The van der Waals surface area contributed by atoms with Crippen LogP contribution in [0.2, 0.25) is 0 Å². The van der Waals surface area contributed by atoms with Gasteiger partial charge in [0.2, 0.25) is 5.91 Å². The first kappa shape index (κ1) is 24.3. The Kier molecular flexibility index (Phi) is 10.5. The fraction of sp³-hybridized carbons (Fsp3) is 0.391. The zero-order valence-corrected chi connectivity index (χ0v) is 17.9. The molecule has 3 N–H and O–H groups in total. The first-order chi connectivity index (χ1) is 15.1. The lowest BCUT2D eigenvalue weighted by atomic mass is 9.96. The number of carbonyl (C=O) groups excluding carboxylic acids is 2. The molecular weight excluding hydrogens is 400 g/mol. The summed E-state index contributed by atoms with van der Waals surface area (Å²) in [5.74, 6) is 0.0705. The van der Waals surface area contributed by atoms with E-state index in [2.05, 4.69) is 5.32 Å². The lowest BCUT2D eigenvalue weighted by Gasteiger charge is -2.23. The summed E-state index contributed by atoms with van der Waals surface area (Å²) in [5.41, 5.74) is 2.13. The van der Waals surface area contributed by atoms with Gasteiger partial charge in [-0.15, -0.1) is 0 Å². The number of hydroxylamine groups is 1. The van der Waals surface area contributed by atoms with Crippen molar-refractivity contribution in [2.24, 2.45) is 5.92 Å². The standard InChI is InChI=1S/C23H30N2O6/c1-3-17(23(27)25-28)14-19(15-30-16-29-4-2)24-22(26)18-10-12-21(13-11-18)31-20-8-6-5-7-9-20/h5-13,17,19,28H,3-4,14-16H2,1-2H3,(H,24,26)(H,25,27). The third kappa shape index (κ3) is 8.37. The lowest BCUT2D eigenvalue weighted by molar-refractivity contribution is -0.134. The van der Waals surface area contributed by atoms with Crippen LogP contribution >= 0.6 is 0 Å². The molecule has 0 aliphatic rings. The minimum absolute atomic E-state index is 0.0946. The lowest BCUT2D eigenvalue weighted by Crippen LogP contribution is -2.42. The van der Waals surface area contributed by atoms with Crippen molar-refractivity contribution in [1.82, 2.24) is 10.8 Å². The number of hydrogen-bond acceptors (Lipinski definition) is 6. The molecule has 0 aromatic heterocycles. The Hall–Kier alpha value is -2.94. The number of amides is 2. The summed E-state index contributed by atoms with van der Waals surface area (Å²) in [6.45, 7) is 4.48. The fourth-order valence-corrected chi connectivity index (χ4v) is 2.96. The van der Waals surface area contributed by atoms with E-state index in [1.165, 1.54) is 0 Å². The molecule has 0 radical (unpaired) electrons. The van der Waals surface area contributed by atoms with E-state index in [9.17, 15) is 9.59 Å². The van der Waals surface area contributed by atoms with E-state index in [-0.39, 0.29) is 19.3 Å². The molecule has 2 rings (SSSR count). The van der Waals surface area contributed by atoms with E-state index in [1.54, 1.807) is 29.7 Å². The Bertz CT molecular complexity index is 797. The van der Waals surface area contributed by atoms with Crippen molar-refractivity contribution >= 4 is 11.8 Å². The molecule has 2 aromatic rings. The van der Waals surface area contributed by atoms with Gasteiger partial charge in [0.1, 0.15) is 18.3 Å². The highest BCUT2D eigenvalue weighted by molar-refractivity contribution is 5.94. The Morgan fingerprint density at radius 3 is 2.26 bits per heavy atom. The van der Waals surface area contributed by atoms with Gasteiger partial charge in [-0.05, 0) is 56.2 Å². The molecule has 0 heterocycles. The first-order valence-electron chi connectivity index (χ1n) is 10.3. The molecule has 0 fully saturated rings. The number of benzene rings is 2. The molecule has 0 saturated carbocycles. The maximum absolute atomic E-state index is 12.7. The van der Waals surface area contributed by atoms with Crippen LogP contribution in [0.4, 0.5) is 0 Å². The summed E-state index contributed by atoms with van der Waals surface area (Å²) in [6.07, 6.45) is 0.825. The summed E-state index contributed by atoms with van der Waals surface area (Å²) in [5, 5.41) is 11.8. The Morgan fingerprint density at radius 2 is 1.65 bits per heavy atom. The molecule has 0 aliphatic heterocycles. The molecule has 8 heteroatoms. The molecule has 2 unspecified atom stereocenters. The summed E-state index contributed by atoms with van der Waals surface area (Å²) < 4.78 is 16.4. The molecule has 0 spiro atoms. The van der Waals surface area contributed by atoms with Crippen LogP contribution in [-0.4, -0.2) is 43.1 Å². The minimum Gasteiger partial charge on any atom is -0.457 e. The monoisotopic (exact) mass is 430 g/mol. The van der Waals surface area contributed by atoms with Crippen molar-refractivity contribution in [3.05, 3.63) is 60.2 Å². The average molecular weight is 431 g/mol. The van der Waals surface area contributed by atoms with E-state index < -0.39 is 17.9 Å². The Morgan fingerprint density at radius 1 is 0.968 bits per heavy atom. The van der Waals surface area contributed by atoms with Crippen molar-refractivity contribution < 1.29 is 29.0 Å². The Balaban J connectivity index is 2.00. The molecule has 31 heavy (non-hydrogen) atoms. The Labute approximate surface area is 182 Å². The third-order valence-electron chi connectivity index (χ3n) is 4.66. The molecule has 168 valence electrons. The van der Waals surface area contributed by atoms with Gasteiger partial charge in [0.25, 0.3) is 5.91 Å². The number of ether oxygens (including phenoxy) is 3. The topological polar surface area (TPSA) is 106 Å². The minimum atomic E-state index is -0.492. The van der Waals surface area contributed by atoms with Gasteiger partial charge in [-0.1, -0.05) is 25.1 Å². The van der Waals surface area contributed by atoms with Gasteiger partial charge < -0.3 is 19.5 Å². The predicted octanol–water partition coefficient (Wildman–Crippen LogP) is 3.51. The average Bonchev–Trinajstić information content (AvgIpc) is 2.80. The quantitative estimate of drug-likeness (QED) is 0.194. The normalized spacial score (nSPS) is 12.6. The van der Waals surface area contributed by atoms with Gasteiger partial charge in [0, 0.05) is 18.1 Å². The van der Waals surface area contributed by atoms with Gasteiger partial charge in [-0.25, -0.2) is 5.48 Å². The van der Waals surface area contributed by atoms with Crippen LogP contribution in [0.25, 0.3) is 0 Å². The third-order valence-corrected chi connectivity index (χ3v) is 4.66. The van der Waals surface area contributed by atoms with Crippen LogP contribution < -0.4 is 15.5 Å². The second-order valence-electron chi connectivity index (χ2n) is 6.91. The maximum Gasteiger partial charge on any atom is 0.251 e. The van der Waals surface area contributed by atoms with Crippen LogP contribution in [0.15, 0.2) is 54.6 Å². The SMILES string of the molecule is CCOCOCC(CC(CC)C(=O)NO)NC(=O)c1ccc(Oc2ccccc2)cc1. The van der Waals surface area contributed by atoms with Crippen LogP contribution in [0.3, 0.4) is 0 Å². The molecule has 2 amide bonds. The fourth-order valence-electron chi connectivity index (χ4n) is 2.96. The van der Waals surface area contributed by atoms with E-state index >= 15 is 0 Å². The zero-order valence-electron chi connectivity index (χ0n) is 17.9. The largest absolute Gasteiger partial charge is 0.457 e. The van der Waals surface area contributed by atoms with E-state index in [4.69, 9.17) is 19.4 Å². The van der Waals surface area contributed by atoms with Crippen molar-refractivity contribution in [3.63, 3.8) is 0 Å². The van der Waals surface area contributed by atoms with Crippen LogP contribution in [-0.2, 0) is 14.3 Å². The highest BCUT2D eigenvalue weighted by Gasteiger charge is 2.23. The molecule has 0 aliphatic carbocycles. The number of hydrogen-bond donors (Lipinski definition) is 3. The predicted molar refractivity (Wildman–Crippen MR) is 115 cm³/mol. The van der Waals surface area contributed by atoms with Gasteiger partial charge in [0.05, 0.1) is 12.6 Å². The van der Waals surface area contributed by atoms with Crippen LogP contribution in [0.5, 0.6) is 11.5 Å². The number of nitrogens with one attached hydrogen (secondary N) is 2. The molecule has 8 nitrogen and oxygen atoms in total. The molecule has 2 atom stereocenters. The van der Waals surface area contributed by atoms with Crippen molar-refractivity contribution in [2.45, 2.75) is 32.7 Å². The second-order valence-corrected chi connectivity index (χ2v) is 6.91. The molecule has 0 saturated heterocycles. The summed E-state index contributed by atoms with van der Waals surface area (Å²) in [6, 6.07) is 15.7. The molecular formula is C23H30N2O6. The van der Waals surface area contributed by atoms with Gasteiger partial charge in [-0.2, -0.15) is 0 Å². The highest BCUT2D eigenvalue weighted by Crippen LogP contribution is 2.21. The smallest absolute Gasteiger partial charge is 0.251 e. The summed E-state index contributed by atoms with van der Waals surface area (Å²) in [7, 11) is 0. The van der Waals surface area contributed by atoms with E-state index in [0.29, 0.717) is 36.5 Å². The maximum atomic E-state index is 12.7. The summed E-state index contributed by atoms with van der Waals surface area (Å²) in [4.78, 5) is 24.6. The van der Waals surface area contributed by atoms with Gasteiger partial charge in [0.15, 0.2) is 0 Å². The molecule has 2 aromatic carbocycles. The zero-order chi connectivity index (χ0) is 22.5. The van der Waals surface area contributed by atoms with Gasteiger partial charge >= 0.3 is 0 Å². The van der Waals surface area contributed by atoms with Crippen molar-refractivity contribution in [3.8, 4) is 11.5 Å². The van der Waals surface area contributed by atoms with E-state index in [0.717, 1.165) is 0 Å². The van der Waals surface area contributed by atoms with Gasteiger partial charge in [-0.3, -0.25) is 14.8 Å². The van der Waals surface area contributed by atoms with Crippen LogP contribution in [0.1, 0.15) is 37.0 Å². The highest BCUT2D eigenvalue weighted by atomic mass is 16.7. The number of rotatable bonds is 13. The number of carbonyl (C=O) groups is 2. The summed E-state index contributed by atoms with van der Waals surface area (Å²) >= 11 is 0. The molecule has 0 bridgehead atoms. The number of para-hydroxylation sites is 1. The van der Waals surface area contributed by atoms with Crippen molar-refractivity contribution in [2.75, 3.05) is 20.0 Å². The van der Waals surface area contributed by atoms with Crippen molar-refractivity contribution in [1.29, 1.82) is 0 Å².